The molecule has 3 aromatic rings. The first-order valence-corrected chi connectivity index (χ1v) is 12.3. The molecule has 14 heteroatoms. The first-order valence-electron chi connectivity index (χ1n) is 10.8. The summed E-state index contributed by atoms with van der Waals surface area (Å²) in [5, 5.41) is 21.3. The lowest BCUT2D eigenvalue weighted by molar-refractivity contribution is -0.765. The fourth-order valence-corrected chi connectivity index (χ4v) is 4.23. The van der Waals surface area contributed by atoms with Crippen molar-refractivity contribution in [2.75, 3.05) is 6.61 Å². The number of nitrogens with two attached hydrogens (primary N) is 1. The van der Waals surface area contributed by atoms with Gasteiger partial charge in [-0.05, 0) is 17.7 Å². The molecule has 2 aromatic heterocycles. The molecule has 13 nitrogen and oxygen atoms in total. The number of aromatic amines is 1. The summed E-state index contributed by atoms with van der Waals surface area (Å²) >= 11 is 0. The van der Waals surface area contributed by atoms with Crippen molar-refractivity contribution in [3.05, 3.63) is 66.1 Å². The summed E-state index contributed by atoms with van der Waals surface area (Å²) in [4.78, 5) is 47.6. The number of aromatic nitrogens is 2. The van der Waals surface area contributed by atoms with Crippen LogP contribution in [0.3, 0.4) is 0 Å². The Labute approximate surface area is 204 Å². The number of hydrogen-bond acceptors (Lipinski definition) is 10. The van der Waals surface area contributed by atoms with Crippen LogP contribution in [0.5, 0.6) is 0 Å². The van der Waals surface area contributed by atoms with E-state index >= 15 is 0 Å². The molecule has 1 aromatic carbocycles. The molecule has 0 saturated carbocycles. The number of pyridine rings is 1. The molecule has 6 N–H and O–H groups in total. The molecule has 1 unspecified atom stereocenters. The summed E-state index contributed by atoms with van der Waals surface area (Å²) < 4.78 is 26.6. The number of phosphoric acid groups is 1. The van der Waals surface area contributed by atoms with Gasteiger partial charge in [0.2, 0.25) is 0 Å². The molecule has 0 spiro atoms. The van der Waals surface area contributed by atoms with Crippen LogP contribution in [-0.2, 0) is 29.8 Å². The molecule has 1 saturated heterocycles. The summed E-state index contributed by atoms with van der Waals surface area (Å²) in [5.74, 6) is -1.93. The van der Waals surface area contributed by atoms with Gasteiger partial charge in [0.1, 0.15) is 23.8 Å². The van der Waals surface area contributed by atoms with E-state index in [1.807, 2.05) is 24.3 Å². The number of phosphoric ester groups is 1. The van der Waals surface area contributed by atoms with E-state index in [4.69, 9.17) is 20.1 Å². The molecule has 36 heavy (non-hydrogen) atoms. The van der Waals surface area contributed by atoms with E-state index in [0.29, 0.717) is 0 Å². The molecule has 1 aliphatic heterocycles. The number of aliphatic hydroxyl groups excluding tert-OH is 2. The number of nitrogens with zero attached hydrogens (tertiary/aromatic N) is 1. The van der Waals surface area contributed by atoms with Crippen LogP contribution < -0.4 is 15.2 Å². The van der Waals surface area contributed by atoms with Crippen molar-refractivity contribution in [1.29, 1.82) is 0 Å². The van der Waals surface area contributed by atoms with Crippen LogP contribution in [-0.4, -0.2) is 63.0 Å². The van der Waals surface area contributed by atoms with Gasteiger partial charge in [-0.15, -0.1) is 0 Å². The van der Waals surface area contributed by atoms with Gasteiger partial charge in [0.25, 0.3) is 14.1 Å². The molecule has 3 heterocycles. The predicted octanol–water partition coefficient (Wildman–Crippen LogP) is -1.19. The third-order valence-electron chi connectivity index (χ3n) is 5.70. The minimum absolute atomic E-state index is 0.0745. The number of aliphatic hydroxyl groups is 2. The summed E-state index contributed by atoms with van der Waals surface area (Å²) in [6.07, 6.45) is -1.09. The number of hydrogen-bond donors (Lipinski definition) is 5. The molecule has 4 rings (SSSR count). The highest BCUT2D eigenvalue weighted by Gasteiger charge is 2.48. The summed E-state index contributed by atoms with van der Waals surface area (Å²) in [5.41, 5.74) is 7.56. The molecule has 1 fully saturated rings. The topological polar surface area (TPSA) is 208 Å². The Bertz CT molecular complexity index is 1310. The van der Waals surface area contributed by atoms with Gasteiger partial charge in [0.15, 0.2) is 18.5 Å². The third kappa shape index (κ3) is 5.86. The molecule has 6 atom stereocenters. The van der Waals surface area contributed by atoms with Gasteiger partial charge >= 0.3 is 11.9 Å². The van der Waals surface area contributed by atoms with E-state index < -0.39 is 56.9 Å². The third-order valence-corrected chi connectivity index (χ3v) is 6.18. The molecule has 0 bridgehead atoms. The van der Waals surface area contributed by atoms with E-state index in [0.717, 1.165) is 16.5 Å². The van der Waals surface area contributed by atoms with Gasteiger partial charge in [0.05, 0.1) is 6.61 Å². The van der Waals surface area contributed by atoms with Crippen molar-refractivity contribution in [1.82, 2.24) is 4.98 Å². The second kappa shape index (κ2) is 10.5. The highest BCUT2D eigenvalue weighted by atomic mass is 31.2. The highest BCUT2D eigenvalue weighted by Crippen LogP contribution is 2.33. The average molecular weight is 521 g/mol. The van der Waals surface area contributed by atoms with Crippen LogP contribution in [0.15, 0.2) is 55.0 Å². The molecule has 0 radical (unpaired) electrons. The standard InChI is InChI=1S/C22H24N3O10P/c23-15(8-13-9-24-16-6-2-1-5-14(13)16)22(29)35-21(28)12-4-3-7-25(10-12)20-19(27)18(26)17(34-20)11-33-36(30,31)32/h1-7,9-10,15,17-20,24,26-27H,8,11,23H2,(H-,30,31,32)/t15-,17+,18+,19+,20+/m0/s1. The van der Waals surface area contributed by atoms with Crippen molar-refractivity contribution in [2.24, 2.45) is 5.73 Å². The van der Waals surface area contributed by atoms with Crippen LogP contribution in [0.2, 0.25) is 0 Å². The normalized spacial score (nSPS) is 24.4. The van der Waals surface area contributed by atoms with Crippen LogP contribution >= 0.6 is 7.82 Å². The zero-order valence-electron chi connectivity index (χ0n) is 18.7. The number of carbonyl (C=O) groups is 2. The fraction of sp³-hybridized carbons (Fsp3) is 0.318. The molecular weight excluding hydrogens is 497 g/mol. The van der Waals surface area contributed by atoms with Gasteiger partial charge in [0, 0.05) is 29.6 Å². The van der Waals surface area contributed by atoms with Crippen LogP contribution in [0, 0.1) is 0 Å². The van der Waals surface area contributed by atoms with E-state index in [-0.39, 0.29) is 12.0 Å². The Hall–Kier alpha value is -3.00. The predicted molar refractivity (Wildman–Crippen MR) is 119 cm³/mol. The number of H-pyrrole nitrogens is 1. The number of esters is 2. The lowest BCUT2D eigenvalue weighted by atomic mass is 10.1. The summed E-state index contributed by atoms with van der Waals surface area (Å²) in [7, 11) is -5.06. The Morgan fingerprint density at radius 3 is 2.72 bits per heavy atom. The number of para-hydroxylation sites is 1. The van der Waals surface area contributed by atoms with Crippen molar-refractivity contribution < 1.29 is 52.7 Å². The summed E-state index contributed by atoms with van der Waals surface area (Å²) in [6.45, 7) is -0.739. The van der Waals surface area contributed by atoms with E-state index in [9.17, 15) is 29.3 Å². The summed E-state index contributed by atoms with van der Waals surface area (Å²) in [6, 6.07) is 9.14. The van der Waals surface area contributed by atoms with Gasteiger partial charge < -0.3 is 44.7 Å². The van der Waals surface area contributed by atoms with Gasteiger partial charge in [-0.3, -0.25) is 4.57 Å². The molecule has 192 valence electrons. The number of fused-ring (bicyclic) bond motifs is 1. The quantitative estimate of drug-likeness (QED) is 0.103. The van der Waals surface area contributed by atoms with Crippen LogP contribution in [0.1, 0.15) is 22.1 Å². The lowest BCUT2D eigenvalue weighted by Gasteiger charge is -2.19. The molecule has 0 aliphatic carbocycles. The molecule has 0 amide bonds. The number of nitrogens with one attached hydrogen (secondary N) is 1. The highest BCUT2D eigenvalue weighted by molar-refractivity contribution is 7.44. The monoisotopic (exact) mass is 521 g/mol. The zero-order valence-corrected chi connectivity index (χ0v) is 19.6. The van der Waals surface area contributed by atoms with E-state index in [2.05, 4.69) is 9.51 Å². The number of rotatable bonds is 8. The lowest BCUT2D eigenvalue weighted by Crippen LogP contribution is -2.46. The molecular formula is C22H24N3O10P. The van der Waals surface area contributed by atoms with Crippen LogP contribution in [0.25, 0.3) is 10.9 Å². The number of benzene rings is 1. The minimum Gasteiger partial charge on any atom is -0.756 e. The van der Waals surface area contributed by atoms with Crippen LogP contribution in [0.4, 0.5) is 0 Å². The second-order valence-electron chi connectivity index (χ2n) is 8.23. The van der Waals surface area contributed by atoms with E-state index in [1.54, 1.807) is 6.20 Å². The Kier molecular flexibility index (Phi) is 7.64. The van der Waals surface area contributed by atoms with Gasteiger partial charge in [-0.2, -0.15) is 4.57 Å². The average Bonchev–Trinajstić information content (AvgIpc) is 3.38. The Morgan fingerprint density at radius 1 is 1.22 bits per heavy atom. The van der Waals surface area contributed by atoms with Crippen molar-refractivity contribution in [2.45, 2.75) is 37.0 Å². The molecule has 1 aliphatic rings. The van der Waals surface area contributed by atoms with Crippen molar-refractivity contribution in [3.63, 3.8) is 0 Å². The Morgan fingerprint density at radius 2 is 1.97 bits per heavy atom. The second-order valence-corrected chi connectivity index (χ2v) is 9.42. The first-order chi connectivity index (χ1) is 17.0. The zero-order chi connectivity index (χ0) is 26.0. The number of ether oxygens (including phenoxy) is 2. The van der Waals surface area contributed by atoms with Crippen molar-refractivity contribution in [3.8, 4) is 0 Å². The van der Waals surface area contributed by atoms with Gasteiger partial charge in [-0.25, -0.2) is 9.59 Å². The van der Waals surface area contributed by atoms with Crippen molar-refractivity contribution >= 4 is 30.7 Å². The van der Waals surface area contributed by atoms with E-state index in [1.165, 1.54) is 29.1 Å². The maximum Gasteiger partial charge on any atom is 0.351 e. The maximum atomic E-state index is 12.6. The maximum absolute atomic E-state index is 12.6. The van der Waals surface area contributed by atoms with Gasteiger partial charge in [-0.1, -0.05) is 18.2 Å². The Balaban J connectivity index is 1.40. The smallest absolute Gasteiger partial charge is 0.351 e. The largest absolute Gasteiger partial charge is 0.756 e. The number of carbonyl (C=O) groups excluding carboxylic acids is 2. The minimum atomic E-state index is -5.06. The fourth-order valence-electron chi connectivity index (χ4n) is 3.90. The SMILES string of the molecule is N[C@@H](Cc1c[nH]c2ccccc12)C(=O)OC(=O)c1ccc[n+]([C@@H]2O[C@H](COP(=O)([O-])O)[C@@H](O)[C@H]2O)c1. The first kappa shape index (κ1) is 26.1.